The first-order valence-corrected chi connectivity index (χ1v) is 7.20. The molecular formula is C15H20N2O4. The van der Waals surface area contributed by atoms with Crippen LogP contribution in [0.3, 0.4) is 0 Å². The van der Waals surface area contributed by atoms with Crippen molar-refractivity contribution in [2.45, 2.75) is 39.0 Å². The molecule has 21 heavy (non-hydrogen) atoms. The molecule has 0 bridgehead atoms. The highest BCUT2D eigenvalue weighted by Gasteiger charge is 2.23. The van der Waals surface area contributed by atoms with Crippen LogP contribution < -0.4 is 5.73 Å². The van der Waals surface area contributed by atoms with Gasteiger partial charge in [-0.1, -0.05) is 19.3 Å². The minimum absolute atomic E-state index is 0.0810. The number of carbonyl (C=O) groups excluding carboxylic acids is 1. The third kappa shape index (κ3) is 3.71. The fourth-order valence-corrected chi connectivity index (χ4v) is 2.72. The quantitative estimate of drug-likeness (QED) is 0.398. The van der Waals surface area contributed by atoms with Crippen molar-refractivity contribution in [3.05, 3.63) is 33.4 Å². The Morgan fingerprint density at radius 1 is 1.38 bits per heavy atom. The predicted octanol–water partition coefficient (Wildman–Crippen LogP) is 3.22. The number of esters is 1. The van der Waals surface area contributed by atoms with Gasteiger partial charge in [0, 0.05) is 6.07 Å². The van der Waals surface area contributed by atoms with Gasteiger partial charge in [0.15, 0.2) is 0 Å². The number of ether oxygens (including phenoxy) is 1. The molecule has 2 N–H and O–H groups in total. The van der Waals surface area contributed by atoms with Crippen LogP contribution in [-0.4, -0.2) is 17.5 Å². The monoisotopic (exact) mass is 292 g/mol. The second-order valence-corrected chi connectivity index (χ2v) is 5.60. The summed E-state index contributed by atoms with van der Waals surface area (Å²) < 4.78 is 5.30. The van der Waals surface area contributed by atoms with Gasteiger partial charge < -0.3 is 10.5 Å². The van der Waals surface area contributed by atoms with Gasteiger partial charge >= 0.3 is 5.97 Å². The number of benzene rings is 1. The largest absolute Gasteiger partial charge is 0.462 e. The number of aryl methyl sites for hydroxylation is 1. The molecule has 0 atom stereocenters. The number of anilines is 1. The van der Waals surface area contributed by atoms with E-state index in [4.69, 9.17) is 10.5 Å². The fraction of sp³-hybridized carbons (Fsp3) is 0.533. The number of hydrogen-bond acceptors (Lipinski definition) is 5. The van der Waals surface area contributed by atoms with E-state index in [1.54, 1.807) is 6.92 Å². The summed E-state index contributed by atoms with van der Waals surface area (Å²) in [5.74, 6) is -0.186. The summed E-state index contributed by atoms with van der Waals surface area (Å²) in [5, 5.41) is 10.9. The maximum atomic E-state index is 12.1. The van der Waals surface area contributed by atoms with E-state index < -0.39 is 10.9 Å². The lowest BCUT2D eigenvalue weighted by molar-refractivity contribution is -0.384. The Balaban J connectivity index is 2.09. The molecule has 0 aromatic heterocycles. The first-order valence-electron chi connectivity index (χ1n) is 7.20. The van der Waals surface area contributed by atoms with Gasteiger partial charge in [-0.15, -0.1) is 0 Å². The molecular weight excluding hydrogens is 272 g/mol. The molecule has 0 spiro atoms. The maximum Gasteiger partial charge on any atom is 0.340 e. The predicted molar refractivity (Wildman–Crippen MR) is 79.1 cm³/mol. The molecule has 1 aliphatic rings. The van der Waals surface area contributed by atoms with E-state index in [9.17, 15) is 14.9 Å². The van der Waals surface area contributed by atoms with E-state index in [1.165, 1.54) is 31.4 Å². The second kappa shape index (κ2) is 6.56. The molecule has 0 saturated heterocycles. The van der Waals surface area contributed by atoms with Gasteiger partial charge in [-0.3, -0.25) is 10.1 Å². The van der Waals surface area contributed by atoms with Gasteiger partial charge in [-0.25, -0.2) is 4.79 Å². The van der Waals surface area contributed by atoms with Gasteiger partial charge in [-0.2, -0.15) is 0 Å². The van der Waals surface area contributed by atoms with Crippen LogP contribution in [0.25, 0.3) is 0 Å². The molecule has 1 fully saturated rings. The number of nitro groups is 1. The topological polar surface area (TPSA) is 95.5 Å². The van der Waals surface area contributed by atoms with E-state index >= 15 is 0 Å². The molecule has 0 unspecified atom stereocenters. The molecule has 114 valence electrons. The highest BCUT2D eigenvalue weighted by molar-refractivity contribution is 5.97. The molecule has 1 aromatic carbocycles. The van der Waals surface area contributed by atoms with Gasteiger partial charge in [-0.05, 0) is 37.3 Å². The van der Waals surface area contributed by atoms with Crippen LogP contribution in [0.5, 0.6) is 0 Å². The van der Waals surface area contributed by atoms with Gasteiger partial charge in [0.2, 0.25) is 0 Å². The number of nitrogen functional groups attached to an aromatic ring is 1. The summed E-state index contributed by atoms with van der Waals surface area (Å²) in [6, 6.07) is 2.89. The van der Waals surface area contributed by atoms with Crippen molar-refractivity contribution in [1.29, 1.82) is 0 Å². The molecule has 0 heterocycles. The van der Waals surface area contributed by atoms with Crippen molar-refractivity contribution in [2.75, 3.05) is 12.3 Å². The number of nitrogens with two attached hydrogens (primary N) is 1. The summed E-state index contributed by atoms with van der Waals surface area (Å²) in [7, 11) is 0. The van der Waals surface area contributed by atoms with Crippen LogP contribution in [-0.2, 0) is 4.74 Å². The first-order chi connectivity index (χ1) is 9.99. The lowest BCUT2D eigenvalue weighted by Crippen LogP contribution is -2.18. The molecule has 0 aliphatic heterocycles. The average molecular weight is 292 g/mol. The van der Waals surface area contributed by atoms with Gasteiger partial charge in [0.25, 0.3) is 5.69 Å². The van der Waals surface area contributed by atoms with Crippen molar-refractivity contribution in [1.82, 2.24) is 0 Å². The molecule has 6 heteroatoms. The Hall–Kier alpha value is -2.11. The molecule has 0 amide bonds. The highest BCUT2D eigenvalue weighted by Crippen LogP contribution is 2.28. The van der Waals surface area contributed by atoms with E-state index in [0.29, 0.717) is 18.1 Å². The molecule has 2 rings (SSSR count). The number of rotatable bonds is 4. The normalized spacial score (nSPS) is 15.7. The third-order valence-electron chi connectivity index (χ3n) is 3.89. The Kier molecular flexibility index (Phi) is 4.77. The van der Waals surface area contributed by atoms with Gasteiger partial charge in [0.05, 0.1) is 17.1 Å². The van der Waals surface area contributed by atoms with E-state index in [1.807, 2.05) is 0 Å². The lowest BCUT2D eigenvalue weighted by atomic mass is 9.90. The van der Waals surface area contributed by atoms with Crippen LogP contribution in [0.1, 0.15) is 48.0 Å². The van der Waals surface area contributed by atoms with Crippen LogP contribution in [0.4, 0.5) is 11.4 Å². The van der Waals surface area contributed by atoms with E-state index in [2.05, 4.69) is 0 Å². The Morgan fingerprint density at radius 2 is 2.05 bits per heavy atom. The maximum absolute atomic E-state index is 12.1. The third-order valence-corrected chi connectivity index (χ3v) is 3.89. The van der Waals surface area contributed by atoms with Crippen molar-refractivity contribution in [3.8, 4) is 0 Å². The van der Waals surface area contributed by atoms with Gasteiger partial charge in [0.1, 0.15) is 5.69 Å². The summed E-state index contributed by atoms with van der Waals surface area (Å²) >= 11 is 0. The van der Waals surface area contributed by atoms with Crippen molar-refractivity contribution in [3.63, 3.8) is 0 Å². The van der Waals surface area contributed by atoms with Crippen molar-refractivity contribution >= 4 is 17.3 Å². The van der Waals surface area contributed by atoms with Crippen LogP contribution in [0.15, 0.2) is 12.1 Å². The Morgan fingerprint density at radius 3 is 2.67 bits per heavy atom. The standard InChI is InChI=1S/C15H20N2O4/c1-10-7-12(14(16)13(8-10)17(19)20)15(18)21-9-11-5-3-2-4-6-11/h7-8,11H,2-6,9,16H2,1H3. The molecule has 1 aromatic rings. The molecule has 6 nitrogen and oxygen atoms in total. The summed E-state index contributed by atoms with van der Waals surface area (Å²) in [5.41, 5.74) is 6.04. The van der Waals surface area contributed by atoms with Crippen molar-refractivity contribution in [2.24, 2.45) is 5.92 Å². The van der Waals surface area contributed by atoms with Crippen LogP contribution in [0, 0.1) is 23.0 Å². The molecule has 1 saturated carbocycles. The van der Waals surface area contributed by atoms with Crippen LogP contribution in [0.2, 0.25) is 0 Å². The minimum atomic E-state index is -0.583. The Labute approximate surface area is 123 Å². The van der Waals surface area contributed by atoms with E-state index in [-0.39, 0.29) is 16.9 Å². The smallest absolute Gasteiger partial charge is 0.340 e. The second-order valence-electron chi connectivity index (χ2n) is 5.60. The minimum Gasteiger partial charge on any atom is -0.462 e. The van der Waals surface area contributed by atoms with Crippen molar-refractivity contribution < 1.29 is 14.5 Å². The van der Waals surface area contributed by atoms with Crippen LogP contribution >= 0.6 is 0 Å². The average Bonchev–Trinajstić information content (AvgIpc) is 2.47. The van der Waals surface area contributed by atoms with E-state index in [0.717, 1.165) is 12.8 Å². The SMILES string of the molecule is Cc1cc(C(=O)OCC2CCCCC2)c(N)c([N+](=O)[O-])c1. The number of nitro benzene ring substituents is 1. The number of nitrogens with zero attached hydrogens (tertiary/aromatic N) is 1. The lowest BCUT2D eigenvalue weighted by Gasteiger charge is -2.21. The zero-order valence-corrected chi connectivity index (χ0v) is 12.1. The number of carbonyl (C=O) groups is 1. The fourth-order valence-electron chi connectivity index (χ4n) is 2.72. The Bertz CT molecular complexity index is 551. The summed E-state index contributed by atoms with van der Waals surface area (Å²) in [4.78, 5) is 22.5. The summed E-state index contributed by atoms with van der Waals surface area (Å²) in [6.45, 7) is 2.05. The summed E-state index contributed by atoms with van der Waals surface area (Å²) in [6.07, 6.45) is 5.70. The zero-order chi connectivity index (χ0) is 15.4. The molecule has 0 radical (unpaired) electrons. The number of hydrogen-bond donors (Lipinski definition) is 1. The zero-order valence-electron chi connectivity index (χ0n) is 12.1. The molecule has 1 aliphatic carbocycles. The first kappa shape index (κ1) is 15.3. The highest BCUT2D eigenvalue weighted by atomic mass is 16.6.